The van der Waals surface area contributed by atoms with Crippen molar-refractivity contribution in [3.05, 3.63) is 0 Å². The molecule has 0 bridgehead atoms. The van der Waals surface area contributed by atoms with E-state index >= 15 is 0 Å². The molecule has 0 aliphatic rings. The Hall–Kier alpha value is -0.110. The lowest BCUT2D eigenvalue weighted by molar-refractivity contribution is 0.293. The molecule has 0 aromatic heterocycles. The van der Waals surface area contributed by atoms with Gasteiger partial charge in [0.25, 0.3) is 0 Å². The van der Waals surface area contributed by atoms with Gasteiger partial charge in [0.2, 0.25) is 0 Å². The summed E-state index contributed by atoms with van der Waals surface area (Å²) < 4.78 is 12.5. The first kappa shape index (κ1) is 8.89. The van der Waals surface area contributed by atoms with E-state index < -0.39 is 6.17 Å². The van der Waals surface area contributed by atoms with E-state index in [-0.39, 0.29) is 0 Å². The maximum Gasteiger partial charge on any atom is 0.101 e. The first-order valence-corrected chi connectivity index (χ1v) is 3.65. The van der Waals surface area contributed by atoms with Gasteiger partial charge in [-0.05, 0) is 19.4 Å². The molecule has 0 aliphatic heterocycles. The minimum atomic E-state index is -0.657. The zero-order chi connectivity index (χ0) is 7.11. The third-order valence-electron chi connectivity index (χ3n) is 1.35. The summed E-state index contributed by atoms with van der Waals surface area (Å²) in [4.78, 5) is 0. The third kappa shape index (κ3) is 5.77. The highest BCUT2D eigenvalue weighted by Crippen LogP contribution is 2.06. The number of hydrogen-bond acceptors (Lipinski definition) is 1. The van der Waals surface area contributed by atoms with Gasteiger partial charge >= 0.3 is 0 Å². The van der Waals surface area contributed by atoms with Gasteiger partial charge in [-0.15, -0.1) is 0 Å². The molecule has 0 aliphatic carbocycles. The normalized spacial score (nSPS) is 13.7. The van der Waals surface area contributed by atoms with Gasteiger partial charge in [-0.25, -0.2) is 4.39 Å². The summed E-state index contributed by atoms with van der Waals surface area (Å²) >= 11 is 0. The SMILES string of the molecule is CCCCC(F)CCN. The van der Waals surface area contributed by atoms with Crippen LogP contribution in [0.1, 0.15) is 32.6 Å². The first-order valence-electron chi connectivity index (χ1n) is 3.65. The second kappa shape index (κ2) is 6.02. The molecular weight excluding hydrogens is 117 g/mol. The van der Waals surface area contributed by atoms with Gasteiger partial charge < -0.3 is 5.73 Å². The largest absolute Gasteiger partial charge is 0.330 e. The van der Waals surface area contributed by atoms with E-state index in [0.717, 1.165) is 12.8 Å². The van der Waals surface area contributed by atoms with Crippen LogP contribution in [0.15, 0.2) is 0 Å². The van der Waals surface area contributed by atoms with E-state index in [0.29, 0.717) is 19.4 Å². The smallest absolute Gasteiger partial charge is 0.101 e. The van der Waals surface area contributed by atoms with Crippen LogP contribution in [0.5, 0.6) is 0 Å². The fourth-order valence-electron chi connectivity index (χ4n) is 0.751. The Morgan fingerprint density at radius 1 is 1.44 bits per heavy atom. The topological polar surface area (TPSA) is 26.0 Å². The number of nitrogens with two attached hydrogens (primary N) is 1. The highest BCUT2D eigenvalue weighted by atomic mass is 19.1. The summed E-state index contributed by atoms with van der Waals surface area (Å²) in [5.74, 6) is 0. The Balaban J connectivity index is 2.95. The number of unbranched alkanes of at least 4 members (excludes halogenated alkanes) is 1. The average molecular weight is 133 g/mol. The lowest BCUT2D eigenvalue weighted by Crippen LogP contribution is -2.08. The highest BCUT2D eigenvalue weighted by molar-refractivity contribution is 4.55. The third-order valence-corrected chi connectivity index (χ3v) is 1.35. The molecule has 0 amide bonds. The highest BCUT2D eigenvalue weighted by Gasteiger charge is 2.02. The number of halogens is 1. The van der Waals surface area contributed by atoms with Gasteiger partial charge in [-0.3, -0.25) is 0 Å². The maximum atomic E-state index is 12.5. The Kier molecular flexibility index (Phi) is 5.94. The molecular formula is C7H16FN. The van der Waals surface area contributed by atoms with Crippen LogP contribution < -0.4 is 5.73 Å². The average Bonchev–Trinajstić information content (AvgIpc) is 1.85. The van der Waals surface area contributed by atoms with E-state index in [9.17, 15) is 4.39 Å². The Morgan fingerprint density at radius 3 is 2.56 bits per heavy atom. The number of hydrogen-bond donors (Lipinski definition) is 1. The standard InChI is InChI=1S/C7H16FN/c1-2-3-4-7(8)5-6-9/h7H,2-6,9H2,1H3. The van der Waals surface area contributed by atoms with Crippen molar-refractivity contribution in [1.82, 2.24) is 0 Å². The molecule has 0 saturated carbocycles. The molecule has 0 aromatic rings. The summed E-state index contributed by atoms with van der Waals surface area (Å²) in [6.45, 7) is 2.54. The zero-order valence-electron chi connectivity index (χ0n) is 6.07. The van der Waals surface area contributed by atoms with Crippen LogP contribution in [0.2, 0.25) is 0 Å². The summed E-state index contributed by atoms with van der Waals surface area (Å²) in [5, 5.41) is 0. The van der Waals surface area contributed by atoms with Crippen molar-refractivity contribution in [2.24, 2.45) is 5.73 Å². The van der Waals surface area contributed by atoms with Crippen LogP contribution in [0.25, 0.3) is 0 Å². The van der Waals surface area contributed by atoms with Crippen LogP contribution in [0.3, 0.4) is 0 Å². The fourth-order valence-corrected chi connectivity index (χ4v) is 0.751. The van der Waals surface area contributed by atoms with Crippen LogP contribution >= 0.6 is 0 Å². The molecule has 0 aromatic carbocycles. The van der Waals surface area contributed by atoms with Gasteiger partial charge in [0, 0.05) is 0 Å². The summed E-state index contributed by atoms with van der Waals surface area (Å²) in [6.07, 6.45) is 2.62. The van der Waals surface area contributed by atoms with E-state index in [1.165, 1.54) is 0 Å². The minimum absolute atomic E-state index is 0.477. The van der Waals surface area contributed by atoms with Crippen LogP contribution in [0, 0.1) is 0 Å². The maximum absolute atomic E-state index is 12.5. The van der Waals surface area contributed by atoms with Gasteiger partial charge in [0.05, 0.1) is 0 Å². The molecule has 0 heterocycles. The molecule has 1 atom stereocenters. The molecule has 0 fully saturated rings. The predicted octanol–water partition coefficient (Wildman–Crippen LogP) is 1.86. The second-order valence-electron chi connectivity index (χ2n) is 2.32. The molecule has 9 heavy (non-hydrogen) atoms. The number of rotatable bonds is 5. The summed E-state index contributed by atoms with van der Waals surface area (Å²) in [5.41, 5.74) is 5.16. The minimum Gasteiger partial charge on any atom is -0.330 e. The van der Waals surface area contributed by atoms with Gasteiger partial charge in [-0.2, -0.15) is 0 Å². The van der Waals surface area contributed by atoms with Gasteiger partial charge in [0.15, 0.2) is 0 Å². The van der Waals surface area contributed by atoms with Crippen molar-refractivity contribution in [3.63, 3.8) is 0 Å². The molecule has 0 spiro atoms. The molecule has 0 rings (SSSR count). The Bertz CT molecular complexity index is 56.9. The van der Waals surface area contributed by atoms with Crippen LogP contribution in [-0.4, -0.2) is 12.7 Å². The van der Waals surface area contributed by atoms with Crippen molar-refractivity contribution in [3.8, 4) is 0 Å². The molecule has 2 heteroatoms. The van der Waals surface area contributed by atoms with E-state index in [1.54, 1.807) is 0 Å². The van der Waals surface area contributed by atoms with Crippen molar-refractivity contribution in [1.29, 1.82) is 0 Å². The van der Waals surface area contributed by atoms with Crippen molar-refractivity contribution >= 4 is 0 Å². The summed E-state index contributed by atoms with van der Waals surface area (Å²) in [7, 11) is 0. The fraction of sp³-hybridized carbons (Fsp3) is 1.00. The van der Waals surface area contributed by atoms with Crippen molar-refractivity contribution in [2.45, 2.75) is 38.8 Å². The lowest BCUT2D eigenvalue weighted by atomic mass is 10.1. The molecule has 1 nitrogen and oxygen atoms in total. The summed E-state index contributed by atoms with van der Waals surface area (Å²) in [6, 6.07) is 0. The quantitative estimate of drug-likeness (QED) is 0.608. The van der Waals surface area contributed by atoms with E-state index in [4.69, 9.17) is 5.73 Å². The molecule has 2 N–H and O–H groups in total. The van der Waals surface area contributed by atoms with E-state index in [2.05, 4.69) is 6.92 Å². The van der Waals surface area contributed by atoms with E-state index in [1.807, 2.05) is 0 Å². The monoisotopic (exact) mass is 133 g/mol. The molecule has 0 radical (unpaired) electrons. The first-order chi connectivity index (χ1) is 4.31. The van der Waals surface area contributed by atoms with Gasteiger partial charge in [-0.1, -0.05) is 19.8 Å². The van der Waals surface area contributed by atoms with Crippen molar-refractivity contribution in [2.75, 3.05) is 6.54 Å². The Labute approximate surface area is 56.4 Å². The molecule has 1 unspecified atom stereocenters. The van der Waals surface area contributed by atoms with Crippen molar-refractivity contribution < 1.29 is 4.39 Å². The van der Waals surface area contributed by atoms with Crippen LogP contribution in [-0.2, 0) is 0 Å². The van der Waals surface area contributed by atoms with Crippen LogP contribution in [0.4, 0.5) is 4.39 Å². The lowest BCUT2D eigenvalue weighted by Gasteiger charge is -2.03. The zero-order valence-corrected chi connectivity index (χ0v) is 6.07. The molecule has 56 valence electrons. The Morgan fingerprint density at radius 2 is 2.11 bits per heavy atom. The molecule has 0 saturated heterocycles. The van der Waals surface area contributed by atoms with Gasteiger partial charge in [0.1, 0.15) is 6.17 Å². The number of alkyl halides is 1. The second-order valence-corrected chi connectivity index (χ2v) is 2.32. The predicted molar refractivity (Wildman–Crippen MR) is 38.1 cm³/mol.